The first-order valence-electron chi connectivity index (χ1n) is 10.4. The zero-order valence-corrected chi connectivity index (χ0v) is 19.2. The van der Waals surface area contributed by atoms with Crippen LogP contribution in [-0.4, -0.2) is 17.9 Å². The average Bonchev–Trinajstić information content (AvgIpc) is 2.80. The first kappa shape index (κ1) is 22.2. The van der Waals surface area contributed by atoms with Gasteiger partial charge in [-0.15, -0.1) is 0 Å². The number of hydrogen-bond acceptors (Lipinski definition) is 3. The van der Waals surface area contributed by atoms with Gasteiger partial charge in [0.1, 0.15) is 0 Å². The van der Waals surface area contributed by atoms with Crippen LogP contribution in [0.1, 0.15) is 34.8 Å². The molecule has 0 fully saturated rings. The Morgan fingerprint density at radius 1 is 1.09 bits per heavy atom. The van der Waals surface area contributed by atoms with Gasteiger partial charge < -0.3 is 10.6 Å². The quantitative estimate of drug-likeness (QED) is 0.430. The fourth-order valence-electron chi connectivity index (χ4n) is 3.44. The van der Waals surface area contributed by atoms with Gasteiger partial charge in [0, 0.05) is 21.5 Å². The summed E-state index contributed by atoms with van der Waals surface area (Å²) >= 11 is 7.58. The molecule has 2 N–H and O–H groups in total. The number of anilines is 1. The van der Waals surface area contributed by atoms with Gasteiger partial charge in [-0.1, -0.05) is 71.9 Å². The van der Waals surface area contributed by atoms with Crippen LogP contribution in [-0.2, 0) is 11.2 Å². The number of fused-ring (bicyclic) bond motifs is 1. The van der Waals surface area contributed by atoms with E-state index in [-0.39, 0.29) is 17.9 Å². The standard InChI is InChI=1S/C26H23ClN2O2S/c1-17(11-12-18-7-3-2-4-8-18)28-25(30)20-13-14-23-22(15-20)29-26(31)24(32-23)16-19-9-5-6-10-21(19)27/h2-10,13-17H,11-12H2,1H3,(H,28,30)(H,29,31)/b24-16+/t17-/m1/s1. The van der Waals surface area contributed by atoms with Gasteiger partial charge in [-0.2, -0.15) is 0 Å². The van der Waals surface area contributed by atoms with Gasteiger partial charge in [0.15, 0.2) is 0 Å². The highest BCUT2D eigenvalue weighted by Gasteiger charge is 2.23. The van der Waals surface area contributed by atoms with Crippen LogP contribution in [0, 0.1) is 0 Å². The Bertz CT molecular complexity index is 1180. The van der Waals surface area contributed by atoms with Gasteiger partial charge in [0.2, 0.25) is 0 Å². The number of rotatable bonds is 6. The molecular weight excluding hydrogens is 440 g/mol. The Hall–Kier alpha value is -3.02. The van der Waals surface area contributed by atoms with Crippen molar-refractivity contribution in [2.24, 2.45) is 0 Å². The molecule has 1 aliphatic heterocycles. The minimum Gasteiger partial charge on any atom is -0.350 e. The van der Waals surface area contributed by atoms with Crippen LogP contribution < -0.4 is 10.6 Å². The Balaban J connectivity index is 1.42. The molecule has 4 nitrogen and oxygen atoms in total. The lowest BCUT2D eigenvalue weighted by Gasteiger charge is -2.20. The molecule has 0 radical (unpaired) electrons. The lowest BCUT2D eigenvalue weighted by molar-refractivity contribution is -0.112. The summed E-state index contributed by atoms with van der Waals surface area (Å²) in [6.07, 6.45) is 3.53. The summed E-state index contributed by atoms with van der Waals surface area (Å²) in [6, 6.07) is 23.0. The largest absolute Gasteiger partial charge is 0.350 e. The number of carbonyl (C=O) groups excluding carboxylic acids is 2. The number of hydrogen-bond donors (Lipinski definition) is 2. The Morgan fingerprint density at radius 2 is 1.84 bits per heavy atom. The van der Waals surface area contributed by atoms with Crippen molar-refractivity contribution in [2.45, 2.75) is 30.7 Å². The highest BCUT2D eigenvalue weighted by molar-refractivity contribution is 8.04. The van der Waals surface area contributed by atoms with E-state index in [1.165, 1.54) is 17.3 Å². The molecule has 2 amide bonds. The van der Waals surface area contributed by atoms with Crippen molar-refractivity contribution >= 4 is 46.9 Å². The van der Waals surface area contributed by atoms with Crippen molar-refractivity contribution in [1.29, 1.82) is 0 Å². The molecule has 3 aromatic carbocycles. The van der Waals surface area contributed by atoms with Crippen molar-refractivity contribution in [3.05, 3.63) is 99.4 Å². The maximum Gasteiger partial charge on any atom is 0.262 e. The molecular formula is C26H23ClN2O2S. The van der Waals surface area contributed by atoms with Crippen molar-refractivity contribution in [1.82, 2.24) is 5.32 Å². The average molecular weight is 463 g/mol. The third kappa shape index (κ3) is 5.42. The molecule has 1 aliphatic rings. The van der Waals surface area contributed by atoms with E-state index in [0.29, 0.717) is 21.2 Å². The van der Waals surface area contributed by atoms with Gasteiger partial charge in [0.25, 0.3) is 11.8 Å². The van der Waals surface area contributed by atoms with Gasteiger partial charge >= 0.3 is 0 Å². The summed E-state index contributed by atoms with van der Waals surface area (Å²) in [5, 5.41) is 6.53. The Morgan fingerprint density at radius 3 is 2.62 bits per heavy atom. The van der Waals surface area contributed by atoms with Crippen LogP contribution >= 0.6 is 23.4 Å². The maximum absolute atomic E-state index is 12.7. The normalized spacial score (nSPS) is 15.1. The number of carbonyl (C=O) groups is 2. The van der Waals surface area contributed by atoms with Gasteiger partial charge in [-0.05, 0) is 61.2 Å². The predicted molar refractivity (Wildman–Crippen MR) is 132 cm³/mol. The second-order valence-corrected chi connectivity index (χ2v) is 9.19. The van der Waals surface area contributed by atoms with Crippen molar-refractivity contribution in [3.63, 3.8) is 0 Å². The molecule has 0 saturated heterocycles. The molecule has 3 aromatic rings. The van der Waals surface area contributed by atoms with E-state index in [4.69, 9.17) is 11.6 Å². The Labute approximate surface area is 197 Å². The molecule has 0 spiro atoms. The molecule has 0 saturated carbocycles. The summed E-state index contributed by atoms with van der Waals surface area (Å²) in [7, 11) is 0. The second kappa shape index (κ2) is 10.1. The molecule has 162 valence electrons. The minimum absolute atomic E-state index is 0.0351. The molecule has 1 atom stereocenters. The molecule has 0 bridgehead atoms. The number of benzene rings is 3. The number of halogens is 1. The lowest BCUT2D eigenvalue weighted by atomic mass is 10.1. The number of amides is 2. The zero-order valence-electron chi connectivity index (χ0n) is 17.6. The first-order valence-corrected chi connectivity index (χ1v) is 11.6. The third-order valence-corrected chi connectivity index (χ3v) is 6.66. The molecule has 6 heteroatoms. The van der Waals surface area contributed by atoms with Crippen molar-refractivity contribution in [3.8, 4) is 0 Å². The van der Waals surface area contributed by atoms with E-state index < -0.39 is 0 Å². The van der Waals surface area contributed by atoms with Crippen LogP contribution in [0.15, 0.2) is 82.6 Å². The van der Waals surface area contributed by atoms with E-state index in [9.17, 15) is 9.59 Å². The Kier molecular flexibility index (Phi) is 6.98. The molecule has 32 heavy (non-hydrogen) atoms. The highest BCUT2D eigenvalue weighted by Crippen LogP contribution is 2.39. The SMILES string of the molecule is C[C@H](CCc1ccccc1)NC(=O)c1ccc2c(c1)NC(=O)/C(=C\c1ccccc1Cl)S2. The van der Waals surface area contributed by atoms with Gasteiger partial charge in [0.05, 0.1) is 10.6 Å². The zero-order chi connectivity index (χ0) is 22.5. The molecule has 0 unspecified atom stereocenters. The summed E-state index contributed by atoms with van der Waals surface area (Å²) in [5.41, 5.74) is 3.20. The maximum atomic E-state index is 12.7. The summed E-state index contributed by atoms with van der Waals surface area (Å²) in [5.74, 6) is -0.360. The lowest BCUT2D eigenvalue weighted by Crippen LogP contribution is -2.33. The van der Waals surface area contributed by atoms with Crippen LogP contribution in [0.3, 0.4) is 0 Å². The number of thioether (sulfide) groups is 1. The van der Waals surface area contributed by atoms with Gasteiger partial charge in [-0.25, -0.2) is 0 Å². The van der Waals surface area contributed by atoms with Crippen molar-refractivity contribution < 1.29 is 9.59 Å². The number of nitrogens with one attached hydrogen (secondary N) is 2. The minimum atomic E-state index is -0.212. The fourth-order valence-corrected chi connectivity index (χ4v) is 4.56. The fraction of sp³-hybridized carbons (Fsp3) is 0.154. The first-order chi connectivity index (χ1) is 15.5. The van der Waals surface area contributed by atoms with Crippen LogP contribution in [0.5, 0.6) is 0 Å². The predicted octanol–water partition coefficient (Wildman–Crippen LogP) is 6.18. The molecule has 4 rings (SSSR count). The van der Waals surface area contributed by atoms with E-state index in [2.05, 4.69) is 22.8 Å². The van der Waals surface area contributed by atoms with Crippen LogP contribution in [0.25, 0.3) is 6.08 Å². The van der Waals surface area contributed by atoms with Gasteiger partial charge in [-0.3, -0.25) is 9.59 Å². The summed E-state index contributed by atoms with van der Waals surface area (Å²) in [6.45, 7) is 2.00. The monoisotopic (exact) mass is 462 g/mol. The molecule has 1 heterocycles. The van der Waals surface area contributed by atoms with E-state index in [0.717, 1.165) is 23.3 Å². The summed E-state index contributed by atoms with van der Waals surface area (Å²) in [4.78, 5) is 26.8. The van der Waals surface area contributed by atoms with Crippen molar-refractivity contribution in [2.75, 3.05) is 5.32 Å². The topological polar surface area (TPSA) is 58.2 Å². The second-order valence-electron chi connectivity index (χ2n) is 7.70. The highest BCUT2D eigenvalue weighted by atomic mass is 35.5. The third-order valence-electron chi connectivity index (χ3n) is 5.21. The summed E-state index contributed by atoms with van der Waals surface area (Å²) < 4.78 is 0. The molecule has 0 aliphatic carbocycles. The van der Waals surface area contributed by atoms with E-state index >= 15 is 0 Å². The number of aryl methyl sites for hydroxylation is 1. The van der Waals surface area contributed by atoms with E-state index in [1.807, 2.05) is 49.4 Å². The molecule has 0 aromatic heterocycles. The smallest absolute Gasteiger partial charge is 0.262 e. The van der Waals surface area contributed by atoms with E-state index in [1.54, 1.807) is 24.3 Å². The van der Waals surface area contributed by atoms with Crippen LogP contribution in [0.2, 0.25) is 5.02 Å². The van der Waals surface area contributed by atoms with Crippen LogP contribution in [0.4, 0.5) is 5.69 Å².